The van der Waals surface area contributed by atoms with Crippen LogP contribution in [0.1, 0.15) is 27.0 Å². The Balaban J connectivity index is 2.04. The first-order valence-electron chi connectivity index (χ1n) is 8.15. The maximum absolute atomic E-state index is 13.2. The minimum Gasteiger partial charge on any atom is -0.300 e. The van der Waals surface area contributed by atoms with Gasteiger partial charge in [0.1, 0.15) is 0 Å². The molecular weight excluding hydrogens is 334 g/mol. The summed E-state index contributed by atoms with van der Waals surface area (Å²) in [5.74, 6) is -0.281. The first kappa shape index (κ1) is 17.4. The zero-order valence-electron chi connectivity index (χ0n) is 14.6. The number of sulfone groups is 1. The van der Waals surface area contributed by atoms with E-state index in [1.165, 1.54) is 5.41 Å². The van der Waals surface area contributed by atoms with Gasteiger partial charge in [0.05, 0.1) is 11.8 Å². The van der Waals surface area contributed by atoms with Gasteiger partial charge in [0, 0.05) is 16.7 Å². The number of nitrogens with zero attached hydrogens (tertiary/aromatic N) is 1. The van der Waals surface area contributed by atoms with Crippen LogP contribution < -0.4 is 4.90 Å². The fraction of sp³-hybridized carbons (Fsp3) is 0.250. The van der Waals surface area contributed by atoms with Crippen molar-refractivity contribution in [2.24, 2.45) is 0 Å². The summed E-state index contributed by atoms with van der Waals surface area (Å²) in [5, 5.41) is 1.20. The van der Waals surface area contributed by atoms with Crippen molar-refractivity contribution in [1.29, 1.82) is 0 Å². The Morgan fingerprint density at radius 1 is 1.00 bits per heavy atom. The van der Waals surface area contributed by atoms with E-state index >= 15 is 0 Å². The lowest BCUT2D eigenvalue weighted by Crippen LogP contribution is -2.41. The highest BCUT2D eigenvalue weighted by atomic mass is 32.2. The Hall–Kier alpha value is -2.40. The predicted octanol–water partition coefficient (Wildman–Crippen LogP) is 3.57. The topological polar surface area (TPSA) is 54.5 Å². The third kappa shape index (κ3) is 3.66. The molecule has 3 rings (SSSR count). The molecule has 0 saturated carbocycles. The van der Waals surface area contributed by atoms with Crippen LogP contribution in [0.25, 0.3) is 0 Å². The Morgan fingerprint density at radius 3 is 2.24 bits per heavy atom. The third-order valence-electron chi connectivity index (χ3n) is 4.53. The Morgan fingerprint density at radius 2 is 1.68 bits per heavy atom. The van der Waals surface area contributed by atoms with E-state index in [9.17, 15) is 13.2 Å². The Kier molecular flexibility index (Phi) is 4.52. The van der Waals surface area contributed by atoms with Crippen molar-refractivity contribution in [1.82, 2.24) is 0 Å². The smallest absolute Gasteiger partial charge is 0.258 e. The monoisotopic (exact) mass is 355 g/mol. The zero-order valence-corrected chi connectivity index (χ0v) is 15.4. The molecule has 25 heavy (non-hydrogen) atoms. The number of carbonyl (C=O) groups excluding carboxylic acids is 1. The number of hydrogen-bond acceptors (Lipinski definition) is 3. The highest BCUT2D eigenvalue weighted by Crippen LogP contribution is 2.26. The summed E-state index contributed by atoms with van der Waals surface area (Å²) in [5.41, 5.74) is 4.48. The highest BCUT2D eigenvalue weighted by molar-refractivity contribution is 7.94. The molecule has 0 saturated heterocycles. The zero-order chi connectivity index (χ0) is 18.2. The molecule has 0 N–H and O–H groups in total. The average molecular weight is 355 g/mol. The van der Waals surface area contributed by atoms with Gasteiger partial charge in [-0.2, -0.15) is 0 Å². The summed E-state index contributed by atoms with van der Waals surface area (Å²) in [4.78, 5) is 14.8. The molecule has 0 spiro atoms. The van der Waals surface area contributed by atoms with Crippen LogP contribution in [0, 0.1) is 20.8 Å². The van der Waals surface area contributed by atoms with Crippen molar-refractivity contribution < 1.29 is 13.2 Å². The number of carbonyl (C=O) groups is 1. The predicted molar refractivity (Wildman–Crippen MR) is 101 cm³/mol. The van der Waals surface area contributed by atoms with Crippen LogP contribution in [0.3, 0.4) is 0 Å². The lowest BCUT2D eigenvalue weighted by Gasteiger charge is -2.28. The van der Waals surface area contributed by atoms with Gasteiger partial charge in [-0.25, -0.2) is 8.42 Å². The SMILES string of the molecule is Cc1ccc(N(C(=O)c2ccc(C)c(C)c2)[C@@H]2C=CS(=O)(=O)C2)cc1. The normalized spacial score (nSPS) is 18.3. The number of rotatable bonds is 3. The second-order valence-corrected chi connectivity index (χ2v) is 8.47. The standard InChI is InChI=1S/C20H21NO3S/c1-14-4-8-18(9-5-14)21(19-10-11-25(23,24)13-19)20(22)17-7-6-15(2)16(3)12-17/h4-12,19H,13H2,1-3H3/t19-/m1/s1. The summed E-state index contributed by atoms with van der Waals surface area (Å²) in [6.07, 6.45) is 1.59. The van der Waals surface area contributed by atoms with Crippen molar-refractivity contribution >= 4 is 21.4 Å². The molecule has 0 unspecified atom stereocenters. The molecule has 2 aromatic rings. The number of aryl methyl sites for hydroxylation is 3. The van der Waals surface area contributed by atoms with Gasteiger partial charge in [0.2, 0.25) is 0 Å². The van der Waals surface area contributed by atoms with Crippen LogP contribution in [-0.2, 0) is 9.84 Å². The van der Waals surface area contributed by atoms with Gasteiger partial charge in [0.25, 0.3) is 5.91 Å². The molecule has 0 aliphatic carbocycles. The largest absolute Gasteiger partial charge is 0.300 e. The first-order chi connectivity index (χ1) is 11.8. The fourth-order valence-corrected chi connectivity index (χ4v) is 4.17. The second kappa shape index (κ2) is 6.48. The molecule has 1 atom stereocenters. The maximum atomic E-state index is 13.2. The summed E-state index contributed by atoms with van der Waals surface area (Å²) >= 11 is 0. The van der Waals surface area contributed by atoms with Gasteiger partial charge < -0.3 is 4.90 Å². The average Bonchev–Trinajstić information content (AvgIpc) is 2.91. The van der Waals surface area contributed by atoms with Crippen LogP contribution in [0.4, 0.5) is 5.69 Å². The molecule has 5 heteroatoms. The van der Waals surface area contributed by atoms with Gasteiger partial charge in [0.15, 0.2) is 9.84 Å². The summed E-state index contributed by atoms with van der Waals surface area (Å²) < 4.78 is 23.7. The lowest BCUT2D eigenvalue weighted by molar-refractivity contribution is 0.0983. The van der Waals surface area contributed by atoms with Crippen molar-refractivity contribution in [3.8, 4) is 0 Å². The maximum Gasteiger partial charge on any atom is 0.258 e. The molecule has 4 nitrogen and oxygen atoms in total. The molecule has 1 heterocycles. The highest BCUT2D eigenvalue weighted by Gasteiger charge is 2.32. The fourth-order valence-electron chi connectivity index (χ4n) is 2.90. The minimum absolute atomic E-state index is 0.0859. The van der Waals surface area contributed by atoms with E-state index in [1.807, 2.05) is 57.2 Å². The molecule has 2 aromatic carbocycles. The number of hydrogen-bond donors (Lipinski definition) is 0. The molecule has 130 valence electrons. The molecule has 0 fully saturated rings. The van der Waals surface area contributed by atoms with Gasteiger partial charge in [-0.1, -0.05) is 23.8 Å². The van der Waals surface area contributed by atoms with Crippen LogP contribution in [0.2, 0.25) is 0 Å². The van der Waals surface area contributed by atoms with Crippen LogP contribution >= 0.6 is 0 Å². The van der Waals surface area contributed by atoms with Crippen LogP contribution in [-0.4, -0.2) is 26.1 Å². The quantitative estimate of drug-likeness (QED) is 0.846. The molecule has 0 bridgehead atoms. The van der Waals surface area contributed by atoms with E-state index in [1.54, 1.807) is 17.0 Å². The van der Waals surface area contributed by atoms with Gasteiger partial charge >= 0.3 is 0 Å². The van der Waals surface area contributed by atoms with Crippen LogP contribution in [0.15, 0.2) is 53.9 Å². The Labute approximate surface area is 148 Å². The minimum atomic E-state index is -3.26. The third-order valence-corrected chi connectivity index (χ3v) is 5.91. The number of benzene rings is 2. The molecule has 1 aliphatic rings. The van der Waals surface area contributed by atoms with Crippen molar-refractivity contribution in [2.45, 2.75) is 26.8 Å². The first-order valence-corrected chi connectivity index (χ1v) is 9.87. The summed E-state index contributed by atoms with van der Waals surface area (Å²) in [6, 6.07) is 12.6. The van der Waals surface area contributed by atoms with E-state index in [0.29, 0.717) is 11.3 Å². The molecule has 0 aromatic heterocycles. The number of anilines is 1. The van der Waals surface area contributed by atoms with Crippen molar-refractivity contribution in [3.05, 3.63) is 76.2 Å². The number of amides is 1. The lowest BCUT2D eigenvalue weighted by atomic mass is 10.0. The van der Waals surface area contributed by atoms with E-state index in [-0.39, 0.29) is 11.7 Å². The van der Waals surface area contributed by atoms with E-state index < -0.39 is 15.9 Å². The Bertz CT molecular complexity index is 943. The summed E-state index contributed by atoms with van der Waals surface area (Å²) in [7, 11) is -3.26. The van der Waals surface area contributed by atoms with E-state index in [0.717, 1.165) is 16.7 Å². The second-order valence-electron chi connectivity index (χ2n) is 6.54. The van der Waals surface area contributed by atoms with E-state index in [2.05, 4.69) is 0 Å². The van der Waals surface area contributed by atoms with Gasteiger partial charge in [-0.3, -0.25) is 4.79 Å². The van der Waals surface area contributed by atoms with Gasteiger partial charge in [-0.05, 0) is 62.2 Å². The molecule has 1 aliphatic heterocycles. The van der Waals surface area contributed by atoms with Gasteiger partial charge in [-0.15, -0.1) is 0 Å². The van der Waals surface area contributed by atoms with Crippen molar-refractivity contribution in [3.63, 3.8) is 0 Å². The summed E-state index contributed by atoms with van der Waals surface area (Å²) in [6.45, 7) is 5.93. The van der Waals surface area contributed by atoms with Crippen LogP contribution in [0.5, 0.6) is 0 Å². The van der Waals surface area contributed by atoms with Crippen molar-refractivity contribution in [2.75, 3.05) is 10.7 Å². The molecular formula is C20H21NO3S. The molecule has 0 radical (unpaired) electrons. The molecule has 1 amide bonds. The van der Waals surface area contributed by atoms with E-state index in [4.69, 9.17) is 0 Å².